The Bertz CT molecular complexity index is 542. The van der Waals surface area contributed by atoms with Crippen LogP contribution in [-0.2, 0) is 6.42 Å². The number of carbonyl (C=O) groups excluding carboxylic acids is 1. The molecule has 0 amide bonds. The molecule has 18 heavy (non-hydrogen) atoms. The SMILES string of the molecule is Cc1cc(Cl)c2c(c1)C(=O)/C(=C\N1CCCC1)C2. The first-order chi connectivity index (χ1) is 8.65. The number of likely N-dealkylation sites (tertiary alicyclic amines) is 1. The highest BCUT2D eigenvalue weighted by Crippen LogP contribution is 2.33. The number of hydrogen-bond donors (Lipinski definition) is 0. The van der Waals surface area contributed by atoms with Gasteiger partial charge in [0.15, 0.2) is 5.78 Å². The second-order valence-electron chi connectivity index (χ2n) is 5.18. The van der Waals surface area contributed by atoms with Crippen molar-refractivity contribution in [2.75, 3.05) is 13.1 Å². The van der Waals surface area contributed by atoms with Gasteiger partial charge >= 0.3 is 0 Å². The fourth-order valence-corrected chi connectivity index (χ4v) is 3.13. The Morgan fingerprint density at radius 1 is 1.28 bits per heavy atom. The first kappa shape index (κ1) is 11.8. The van der Waals surface area contributed by atoms with Crippen molar-refractivity contribution < 1.29 is 4.79 Å². The highest BCUT2D eigenvalue weighted by atomic mass is 35.5. The van der Waals surface area contributed by atoms with Gasteiger partial charge in [0, 0.05) is 41.9 Å². The zero-order valence-corrected chi connectivity index (χ0v) is 11.3. The Morgan fingerprint density at radius 2 is 2.00 bits per heavy atom. The molecule has 0 bridgehead atoms. The van der Waals surface area contributed by atoms with Crippen LogP contribution in [0.15, 0.2) is 23.9 Å². The molecule has 2 nitrogen and oxygen atoms in total. The zero-order chi connectivity index (χ0) is 12.7. The first-order valence-electron chi connectivity index (χ1n) is 6.43. The van der Waals surface area contributed by atoms with Crippen LogP contribution in [0.1, 0.15) is 34.3 Å². The van der Waals surface area contributed by atoms with Crippen molar-refractivity contribution in [2.45, 2.75) is 26.2 Å². The summed E-state index contributed by atoms with van der Waals surface area (Å²) >= 11 is 6.23. The van der Waals surface area contributed by atoms with Crippen molar-refractivity contribution in [2.24, 2.45) is 0 Å². The van der Waals surface area contributed by atoms with E-state index in [4.69, 9.17) is 11.6 Å². The molecule has 1 aromatic carbocycles. The van der Waals surface area contributed by atoms with E-state index >= 15 is 0 Å². The van der Waals surface area contributed by atoms with Crippen LogP contribution in [0.5, 0.6) is 0 Å². The molecular weight excluding hydrogens is 246 g/mol. The Kier molecular flexibility index (Phi) is 2.90. The van der Waals surface area contributed by atoms with Gasteiger partial charge in [-0.05, 0) is 43.0 Å². The van der Waals surface area contributed by atoms with Gasteiger partial charge in [-0.25, -0.2) is 0 Å². The topological polar surface area (TPSA) is 20.3 Å². The van der Waals surface area contributed by atoms with E-state index in [0.717, 1.165) is 40.4 Å². The summed E-state index contributed by atoms with van der Waals surface area (Å²) in [5.41, 5.74) is 3.73. The molecule has 3 rings (SSSR count). The smallest absolute Gasteiger partial charge is 0.191 e. The van der Waals surface area contributed by atoms with Crippen LogP contribution in [0.2, 0.25) is 5.02 Å². The quantitative estimate of drug-likeness (QED) is 0.723. The maximum atomic E-state index is 12.3. The minimum atomic E-state index is 0.155. The minimum Gasteiger partial charge on any atom is -0.377 e. The number of allylic oxidation sites excluding steroid dienone is 1. The number of ketones is 1. The average molecular weight is 262 g/mol. The Hall–Kier alpha value is -1.28. The Labute approximate surface area is 112 Å². The second kappa shape index (κ2) is 4.43. The second-order valence-corrected chi connectivity index (χ2v) is 5.58. The van der Waals surface area contributed by atoms with Gasteiger partial charge in [0.1, 0.15) is 0 Å². The standard InChI is InChI=1S/C15H16ClNO/c1-10-6-13-12(14(16)7-10)8-11(15(13)18)9-17-4-2-3-5-17/h6-7,9H,2-5,8H2,1H3/b11-9-. The molecule has 0 radical (unpaired) electrons. The van der Waals surface area contributed by atoms with Gasteiger partial charge in [-0.1, -0.05) is 11.6 Å². The molecule has 0 N–H and O–H groups in total. The van der Waals surface area contributed by atoms with Gasteiger partial charge in [0.2, 0.25) is 0 Å². The maximum Gasteiger partial charge on any atom is 0.191 e. The van der Waals surface area contributed by atoms with Crippen LogP contribution in [-0.4, -0.2) is 23.8 Å². The third-order valence-electron chi connectivity index (χ3n) is 3.72. The molecule has 1 aliphatic carbocycles. The lowest BCUT2D eigenvalue weighted by atomic mass is 10.1. The molecular formula is C15H16ClNO. The highest BCUT2D eigenvalue weighted by Gasteiger charge is 2.28. The van der Waals surface area contributed by atoms with E-state index in [0.29, 0.717) is 6.42 Å². The van der Waals surface area contributed by atoms with Gasteiger partial charge in [-0.15, -0.1) is 0 Å². The average Bonchev–Trinajstić information content (AvgIpc) is 2.91. The van der Waals surface area contributed by atoms with Gasteiger partial charge in [-0.2, -0.15) is 0 Å². The molecule has 0 atom stereocenters. The van der Waals surface area contributed by atoms with Crippen molar-refractivity contribution >= 4 is 17.4 Å². The van der Waals surface area contributed by atoms with Crippen molar-refractivity contribution in [3.63, 3.8) is 0 Å². The van der Waals surface area contributed by atoms with E-state index in [9.17, 15) is 4.79 Å². The lowest BCUT2D eigenvalue weighted by Gasteiger charge is -2.11. The molecule has 0 aromatic heterocycles. The number of fused-ring (bicyclic) bond motifs is 1. The Morgan fingerprint density at radius 3 is 2.72 bits per heavy atom. The summed E-state index contributed by atoms with van der Waals surface area (Å²) < 4.78 is 0. The van der Waals surface area contributed by atoms with E-state index in [1.807, 2.05) is 25.3 Å². The molecule has 1 heterocycles. The first-order valence-corrected chi connectivity index (χ1v) is 6.81. The fraction of sp³-hybridized carbons (Fsp3) is 0.400. The number of hydrogen-bond acceptors (Lipinski definition) is 2. The normalized spacial score (nSPS) is 20.9. The largest absolute Gasteiger partial charge is 0.377 e. The molecule has 0 spiro atoms. The van der Waals surface area contributed by atoms with Gasteiger partial charge in [-0.3, -0.25) is 4.79 Å². The molecule has 3 heteroatoms. The van der Waals surface area contributed by atoms with E-state index in [-0.39, 0.29) is 5.78 Å². The zero-order valence-electron chi connectivity index (χ0n) is 10.5. The summed E-state index contributed by atoms with van der Waals surface area (Å²) in [4.78, 5) is 14.6. The van der Waals surface area contributed by atoms with Crippen LogP contribution >= 0.6 is 11.6 Å². The molecule has 1 saturated heterocycles. The number of nitrogens with zero attached hydrogens (tertiary/aromatic N) is 1. The molecule has 1 fully saturated rings. The maximum absolute atomic E-state index is 12.3. The van der Waals surface area contributed by atoms with E-state index < -0.39 is 0 Å². The lowest BCUT2D eigenvalue weighted by Crippen LogP contribution is -2.13. The predicted molar refractivity (Wildman–Crippen MR) is 73.1 cm³/mol. The van der Waals surface area contributed by atoms with Gasteiger partial charge in [0.05, 0.1) is 0 Å². The molecule has 1 aliphatic heterocycles. The predicted octanol–water partition coefficient (Wildman–Crippen LogP) is 3.37. The molecule has 2 aliphatic rings. The minimum absolute atomic E-state index is 0.155. The summed E-state index contributed by atoms with van der Waals surface area (Å²) in [6, 6.07) is 3.89. The summed E-state index contributed by atoms with van der Waals surface area (Å²) in [6.07, 6.45) is 5.18. The number of rotatable bonds is 1. The Balaban J connectivity index is 1.95. The van der Waals surface area contributed by atoms with E-state index in [1.54, 1.807) is 0 Å². The van der Waals surface area contributed by atoms with Crippen LogP contribution in [0.3, 0.4) is 0 Å². The number of benzene rings is 1. The third-order valence-corrected chi connectivity index (χ3v) is 4.06. The van der Waals surface area contributed by atoms with Crippen molar-refractivity contribution in [1.29, 1.82) is 0 Å². The number of carbonyl (C=O) groups is 1. The monoisotopic (exact) mass is 261 g/mol. The van der Waals surface area contributed by atoms with Crippen molar-refractivity contribution in [1.82, 2.24) is 4.90 Å². The molecule has 0 unspecified atom stereocenters. The number of Topliss-reactive ketones (excluding diaryl/α,β-unsaturated/α-hetero) is 1. The van der Waals surface area contributed by atoms with E-state index in [1.165, 1.54) is 12.8 Å². The summed E-state index contributed by atoms with van der Waals surface area (Å²) in [7, 11) is 0. The van der Waals surface area contributed by atoms with Crippen LogP contribution < -0.4 is 0 Å². The van der Waals surface area contributed by atoms with Crippen molar-refractivity contribution in [3.8, 4) is 0 Å². The van der Waals surface area contributed by atoms with Gasteiger partial charge < -0.3 is 4.90 Å². The van der Waals surface area contributed by atoms with Crippen LogP contribution in [0.4, 0.5) is 0 Å². The number of halogens is 1. The van der Waals surface area contributed by atoms with E-state index in [2.05, 4.69) is 4.90 Å². The third kappa shape index (κ3) is 1.95. The summed E-state index contributed by atoms with van der Waals surface area (Å²) in [5, 5.41) is 0.725. The fourth-order valence-electron chi connectivity index (χ4n) is 2.79. The number of aryl methyl sites for hydroxylation is 1. The van der Waals surface area contributed by atoms with Gasteiger partial charge in [0.25, 0.3) is 0 Å². The highest BCUT2D eigenvalue weighted by molar-refractivity contribution is 6.33. The molecule has 1 aromatic rings. The van der Waals surface area contributed by atoms with Crippen LogP contribution in [0.25, 0.3) is 0 Å². The van der Waals surface area contributed by atoms with Crippen LogP contribution in [0, 0.1) is 6.92 Å². The molecule has 0 saturated carbocycles. The summed E-state index contributed by atoms with van der Waals surface area (Å²) in [6.45, 7) is 4.11. The summed E-state index contributed by atoms with van der Waals surface area (Å²) in [5.74, 6) is 0.155. The van der Waals surface area contributed by atoms with Crippen molar-refractivity contribution in [3.05, 3.63) is 45.6 Å². The lowest BCUT2D eigenvalue weighted by molar-refractivity contribution is 0.103. The molecule has 94 valence electrons.